The first kappa shape index (κ1) is 16.2. The Morgan fingerprint density at radius 2 is 1.90 bits per heavy atom. The number of aliphatic hydroxyl groups excluding tert-OH is 1. The van der Waals surface area contributed by atoms with Gasteiger partial charge in [-0.2, -0.15) is 0 Å². The van der Waals surface area contributed by atoms with Crippen molar-refractivity contribution in [2.75, 3.05) is 20.2 Å². The van der Waals surface area contributed by atoms with Gasteiger partial charge in [-0.3, -0.25) is 14.5 Å². The molecule has 0 bridgehead atoms. The second-order valence-corrected chi connectivity index (χ2v) is 6.11. The third kappa shape index (κ3) is 4.68. The van der Waals surface area contributed by atoms with Crippen LogP contribution in [0.4, 0.5) is 0 Å². The monoisotopic (exact) mass is 298 g/mol. The van der Waals surface area contributed by atoms with E-state index in [0.29, 0.717) is 13.0 Å². The van der Waals surface area contributed by atoms with Crippen molar-refractivity contribution in [1.82, 2.24) is 10.2 Å². The first-order valence-electron chi connectivity index (χ1n) is 7.89. The standard InChI is InChI=1S/C15H26N2O4/c1-21-15(20)13-8-12(18)9-17(13)10-14(19)16-11-6-4-2-3-5-7-11/h11-13,18H,2-10H2,1H3,(H,16,19). The fraction of sp³-hybridized carbons (Fsp3) is 0.867. The normalized spacial score (nSPS) is 28.1. The van der Waals surface area contributed by atoms with Crippen LogP contribution in [0.1, 0.15) is 44.9 Å². The van der Waals surface area contributed by atoms with Crippen molar-refractivity contribution in [3.05, 3.63) is 0 Å². The summed E-state index contributed by atoms with van der Waals surface area (Å²) in [5.41, 5.74) is 0. The van der Waals surface area contributed by atoms with Crippen LogP contribution in [0.3, 0.4) is 0 Å². The van der Waals surface area contributed by atoms with Crippen LogP contribution in [0.5, 0.6) is 0 Å². The minimum atomic E-state index is -0.570. The van der Waals surface area contributed by atoms with E-state index in [2.05, 4.69) is 5.32 Å². The highest BCUT2D eigenvalue weighted by Crippen LogP contribution is 2.20. The number of β-amino-alcohol motifs (C(OH)–C–C–N with tert-alkyl or cyclic N) is 1. The SMILES string of the molecule is COC(=O)C1CC(O)CN1CC(=O)NC1CCCCCC1. The van der Waals surface area contributed by atoms with Gasteiger partial charge in [0.15, 0.2) is 0 Å². The van der Waals surface area contributed by atoms with Crippen molar-refractivity contribution >= 4 is 11.9 Å². The largest absolute Gasteiger partial charge is 0.468 e. The van der Waals surface area contributed by atoms with Crippen molar-refractivity contribution in [3.8, 4) is 0 Å². The lowest BCUT2D eigenvalue weighted by Crippen LogP contribution is -2.46. The van der Waals surface area contributed by atoms with E-state index in [9.17, 15) is 14.7 Å². The molecule has 1 amide bonds. The zero-order valence-electron chi connectivity index (χ0n) is 12.7. The number of carbonyl (C=O) groups excluding carboxylic acids is 2. The summed E-state index contributed by atoms with van der Waals surface area (Å²) >= 11 is 0. The first-order chi connectivity index (χ1) is 10.1. The Bertz CT molecular complexity index is 367. The van der Waals surface area contributed by atoms with Gasteiger partial charge in [-0.25, -0.2) is 0 Å². The van der Waals surface area contributed by atoms with E-state index in [1.165, 1.54) is 20.0 Å². The molecule has 1 aliphatic heterocycles. The minimum Gasteiger partial charge on any atom is -0.468 e. The first-order valence-corrected chi connectivity index (χ1v) is 7.89. The number of carbonyl (C=O) groups is 2. The maximum absolute atomic E-state index is 12.2. The molecular weight excluding hydrogens is 272 g/mol. The number of likely N-dealkylation sites (tertiary alicyclic amines) is 1. The second kappa shape index (κ2) is 7.75. The third-order valence-electron chi connectivity index (χ3n) is 4.42. The van der Waals surface area contributed by atoms with Crippen molar-refractivity contribution < 1.29 is 19.4 Å². The van der Waals surface area contributed by atoms with Gasteiger partial charge in [0, 0.05) is 19.0 Å². The molecule has 0 aromatic heterocycles. The fourth-order valence-corrected chi connectivity index (χ4v) is 3.32. The molecule has 2 atom stereocenters. The van der Waals surface area contributed by atoms with Crippen LogP contribution < -0.4 is 5.32 Å². The van der Waals surface area contributed by atoms with Crippen LogP contribution in [0.25, 0.3) is 0 Å². The fourth-order valence-electron chi connectivity index (χ4n) is 3.32. The van der Waals surface area contributed by atoms with Crippen molar-refractivity contribution in [3.63, 3.8) is 0 Å². The summed E-state index contributed by atoms with van der Waals surface area (Å²) < 4.78 is 4.74. The molecule has 0 aromatic rings. The Labute approximate surface area is 125 Å². The lowest BCUT2D eigenvalue weighted by atomic mass is 10.1. The van der Waals surface area contributed by atoms with Crippen molar-refractivity contribution in [2.24, 2.45) is 0 Å². The molecule has 120 valence electrons. The van der Waals surface area contributed by atoms with Crippen LogP contribution in [0.15, 0.2) is 0 Å². The number of rotatable bonds is 4. The van der Waals surface area contributed by atoms with E-state index < -0.39 is 12.1 Å². The predicted molar refractivity (Wildman–Crippen MR) is 77.6 cm³/mol. The smallest absolute Gasteiger partial charge is 0.323 e. The molecule has 2 unspecified atom stereocenters. The highest BCUT2D eigenvalue weighted by molar-refractivity contribution is 5.81. The molecule has 2 N–H and O–H groups in total. The lowest BCUT2D eigenvalue weighted by molar-refractivity contribution is -0.146. The summed E-state index contributed by atoms with van der Waals surface area (Å²) in [7, 11) is 1.33. The number of hydrogen-bond acceptors (Lipinski definition) is 5. The molecule has 0 aromatic carbocycles. The highest BCUT2D eigenvalue weighted by Gasteiger charge is 2.37. The molecule has 2 fully saturated rings. The maximum Gasteiger partial charge on any atom is 0.323 e. The maximum atomic E-state index is 12.2. The van der Waals surface area contributed by atoms with Gasteiger partial charge in [0.05, 0.1) is 19.8 Å². The van der Waals surface area contributed by atoms with Gasteiger partial charge in [0.25, 0.3) is 0 Å². The van der Waals surface area contributed by atoms with Crippen LogP contribution in [-0.4, -0.2) is 60.3 Å². The molecule has 0 spiro atoms. The van der Waals surface area contributed by atoms with Crippen molar-refractivity contribution in [2.45, 2.75) is 63.1 Å². The van der Waals surface area contributed by atoms with Gasteiger partial charge in [-0.05, 0) is 12.8 Å². The molecule has 1 saturated heterocycles. The molecule has 1 heterocycles. The summed E-state index contributed by atoms with van der Waals surface area (Å²) in [5, 5.41) is 12.8. The number of esters is 1. The molecule has 2 aliphatic rings. The summed E-state index contributed by atoms with van der Waals surface area (Å²) in [6, 6.07) is -0.256. The molecule has 6 heteroatoms. The Balaban J connectivity index is 1.84. The van der Waals surface area contributed by atoms with Crippen LogP contribution >= 0.6 is 0 Å². The summed E-state index contributed by atoms with van der Waals surface area (Å²) in [5.74, 6) is -0.446. The Kier molecular flexibility index (Phi) is 5.99. The molecular formula is C15H26N2O4. The number of nitrogens with zero attached hydrogens (tertiary/aromatic N) is 1. The van der Waals surface area contributed by atoms with E-state index in [1.807, 2.05) is 0 Å². The van der Waals surface area contributed by atoms with Gasteiger partial charge < -0.3 is 15.2 Å². The quantitative estimate of drug-likeness (QED) is 0.581. The average Bonchev–Trinajstić information content (AvgIpc) is 2.65. The number of nitrogens with one attached hydrogen (secondary N) is 1. The molecule has 1 saturated carbocycles. The van der Waals surface area contributed by atoms with Gasteiger partial charge in [-0.1, -0.05) is 25.7 Å². The van der Waals surface area contributed by atoms with Gasteiger partial charge in [0.1, 0.15) is 6.04 Å². The van der Waals surface area contributed by atoms with Crippen LogP contribution in [0, 0.1) is 0 Å². The minimum absolute atomic E-state index is 0.0649. The third-order valence-corrected chi connectivity index (χ3v) is 4.42. The molecule has 6 nitrogen and oxygen atoms in total. The Hall–Kier alpha value is -1.14. The van der Waals surface area contributed by atoms with E-state index in [4.69, 9.17) is 4.74 Å². The molecule has 0 radical (unpaired) electrons. The summed E-state index contributed by atoms with van der Waals surface area (Å²) in [6.07, 6.45) is 6.66. The number of methoxy groups -OCH3 is 1. The molecule has 21 heavy (non-hydrogen) atoms. The summed E-state index contributed by atoms with van der Waals surface area (Å²) in [4.78, 5) is 25.5. The highest BCUT2D eigenvalue weighted by atomic mass is 16.5. The van der Waals surface area contributed by atoms with Crippen molar-refractivity contribution in [1.29, 1.82) is 0 Å². The molecule has 1 aliphatic carbocycles. The van der Waals surface area contributed by atoms with Gasteiger partial charge in [-0.15, -0.1) is 0 Å². The lowest BCUT2D eigenvalue weighted by Gasteiger charge is -2.23. The predicted octanol–water partition coefficient (Wildman–Crippen LogP) is 0.434. The van der Waals surface area contributed by atoms with E-state index in [0.717, 1.165) is 25.7 Å². The number of ether oxygens (including phenoxy) is 1. The zero-order valence-corrected chi connectivity index (χ0v) is 12.7. The van der Waals surface area contributed by atoms with E-state index in [1.54, 1.807) is 4.90 Å². The topological polar surface area (TPSA) is 78.9 Å². The van der Waals surface area contributed by atoms with Gasteiger partial charge >= 0.3 is 5.97 Å². The number of hydrogen-bond donors (Lipinski definition) is 2. The average molecular weight is 298 g/mol. The summed E-state index contributed by atoms with van der Waals surface area (Å²) in [6.45, 7) is 0.491. The number of amides is 1. The van der Waals surface area contributed by atoms with Crippen LogP contribution in [-0.2, 0) is 14.3 Å². The second-order valence-electron chi connectivity index (χ2n) is 6.11. The van der Waals surface area contributed by atoms with E-state index in [-0.39, 0.29) is 24.5 Å². The Morgan fingerprint density at radius 3 is 2.52 bits per heavy atom. The number of aliphatic hydroxyl groups is 1. The zero-order chi connectivity index (χ0) is 15.2. The molecule has 2 rings (SSSR count). The van der Waals surface area contributed by atoms with E-state index >= 15 is 0 Å². The van der Waals surface area contributed by atoms with Gasteiger partial charge in [0.2, 0.25) is 5.91 Å². The van der Waals surface area contributed by atoms with Crippen LogP contribution in [0.2, 0.25) is 0 Å². The Morgan fingerprint density at radius 1 is 1.24 bits per heavy atom.